The number of thiazole rings is 1. The second-order valence-electron chi connectivity index (χ2n) is 5.35. The second-order valence-corrected chi connectivity index (χ2v) is 6.58. The van der Waals surface area contributed by atoms with Gasteiger partial charge < -0.3 is 9.47 Å². The summed E-state index contributed by atoms with van der Waals surface area (Å²) in [6, 6.07) is 0. The van der Waals surface area contributed by atoms with E-state index in [1.807, 2.05) is 11.6 Å². The summed E-state index contributed by atoms with van der Waals surface area (Å²) in [5.74, 6) is 0. The zero-order valence-corrected chi connectivity index (χ0v) is 13.7. The molecule has 0 aliphatic carbocycles. The minimum atomic E-state index is 0.296. The molecule has 0 aromatic carbocycles. The summed E-state index contributed by atoms with van der Waals surface area (Å²) >= 11 is 7.80. The number of fused-ring (bicyclic) bond motifs is 1. The van der Waals surface area contributed by atoms with Gasteiger partial charge in [0.2, 0.25) is 0 Å². The van der Waals surface area contributed by atoms with E-state index in [9.17, 15) is 0 Å². The van der Waals surface area contributed by atoms with Gasteiger partial charge in [-0.05, 0) is 19.9 Å². The fourth-order valence-electron chi connectivity index (χ4n) is 2.49. The maximum Gasteiger partial charge on any atom is 0.195 e. The van der Waals surface area contributed by atoms with Crippen molar-refractivity contribution >= 4 is 27.9 Å². The Morgan fingerprint density at radius 3 is 3.33 bits per heavy atom. The van der Waals surface area contributed by atoms with Crippen molar-refractivity contribution in [3.63, 3.8) is 0 Å². The molecule has 3 heterocycles. The molecule has 0 unspecified atom stereocenters. The standard InChI is InChI=1S/C14H20ClN3O2S/c1-17(4-7-19-10-11-3-2-6-20-11)9-12-13(15)16-14-18(12)5-8-21-14/h5,8,11H,2-4,6-7,9-10H2,1H3/t11-/m1/s1. The SMILES string of the molecule is CN(CCOC[C@H]1CCCO1)Cc1c(Cl)nc2sccn12. The van der Waals surface area contributed by atoms with Crippen LogP contribution in [-0.2, 0) is 16.0 Å². The molecule has 2 aromatic heterocycles. The van der Waals surface area contributed by atoms with Crippen molar-refractivity contribution in [1.29, 1.82) is 0 Å². The summed E-state index contributed by atoms with van der Waals surface area (Å²) in [4.78, 5) is 7.49. The lowest BCUT2D eigenvalue weighted by Gasteiger charge is -2.17. The lowest BCUT2D eigenvalue weighted by molar-refractivity contribution is 0.0116. The summed E-state index contributed by atoms with van der Waals surface area (Å²) in [7, 11) is 2.07. The molecule has 2 aromatic rings. The number of nitrogens with zero attached hydrogens (tertiary/aromatic N) is 3. The van der Waals surface area contributed by atoms with Gasteiger partial charge in [-0.25, -0.2) is 4.98 Å². The van der Waals surface area contributed by atoms with Crippen LogP contribution in [0.25, 0.3) is 4.96 Å². The Kier molecular flexibility index (Phi) is 5.13. The molecule has 1 aliphatic rings. The highest BCUT2D eigenvalue weighted by Crippen LogP contribution is 2.22. The third-order valence-corrected chi connectivity index (χ3v) is 4.74. The van der Waals surface area contributed by atoms with Crippen LogP contribution in [0.4, 0.5) is 0 Å². The molecule has 1 aliphatic heterocycles. The first-order valence-corrected chi connectivity index (χ1v) is 8.47. The van der Waals surface area contributed by atoms with Crippen LogP contribution >= 0.6 is 22.9 Å². The van der Waals surface area contributed by atoms with Gasteiger partial charge in [-0.3, -0.25) is 9.30 Å². The summed E-state index contributed by atoms with van der Waals surface area (Å²) in [5, 5.41) is 2.61. The molecule has 5 nitrogen and oxygen atoms in total. The lowest BCUT2D eigenvalue weighted by atomic mass is 10.2. The van der Waals surface area contributed by atoms with Crippen LogP contribution < -0.4 is 0 Å². The number of imidazole rings is 1. The number of rotatable bonds is 7. The van der Waals surface area contributed by atoms with E-state index in [4.69, 9.17) is 21.1 Å². The third kappa shape index (κ3) is 3.76. The summed E-state index contributed by atoms with van der Waals surface area (Å²) < 4.78 is 13.3. The molecule has 0 radical (unpaired) electrons. The molecule has 0 N–H and O–H groups in total. The number of hydrogen-bond acceptors (Lipinski definition) is 5. The number of halogens is 1. The molecule has 7 heteroatoms. The van der Waals surface area contributed by atoms with E-state index < -0.39 is 0 Å². The monoisotopic (exact) mass is 329 g/mol. The quantitative estimate of drug-likeness (QED) is 0.732. The van der Waals surface area contributed by atoms with Gasteiger partial charge in [0.05, 0.1) is 25.0 Å². The largest absolute Gasteiger partial charge is 0.377 e. The fraction of sp³-hybridized carbons (Fsp3) is 0.643. The highest BCUT2D eigenvalue weighted by atomic mass is 35.5. The van der Waals surface area contributed by atoms with Crippen molar-refractivity contribution in [3.8, 4) is 0 Å². The zero-order chi connectivity index (χ0) is 14.7. The van der Waals surface area contributed by atoms with Crippen LogP contribution in [-0.4, -0.2) is 53.8 Å². The van der Waals surface area contributed by atoms with Gasteiger partial charge in [-0.1, -0.05) is 11.6 Å². The summed E-state index contributed by atoms with van der Waals surface area (Å²) in [6.07, 6.45) is 4.59. The molecule has 0 amide bonds. The molecule has 3 rings (SSSR count). The van der Waals surface area contributed by atoms with Gasteiger partial charge in [-0.2, -0.15) is 0 Å². The van der Waals surface area contributed by atoms with Crippen molar-refractivity contribution in [2.24, 2.45) is 0 Å². The van der Waals surface area contributed by atoms with Crippen molar-refractivity contribution in [2.75, 3.05) is 33.4 Å². The highest BCUT2D eigenvalue weighted by Gasteiger charge is 2.16. The number of likely N-dealkylation sites (N-methyl/N-ethyl adjacent to an activating group) is 1. The molecule has 0 bridgehead atoms. The van der Waals surface area contributed by atoms with Crippen molar-refractivity contribution in [2.45, 2.75) is 25.5 Å². The highest BCUT2D eigenvalue weighted by molar-refractivity contribution is 7.15. The molecule has 1 fully saturated rings. The van der Waals surface area contributed by atoms with Crippen molar-refractivity contribution in [1.82, 2.24) is 14.3 Å². The third-order valence-electron chi connectivity index (χ3n) is 3.68. The van der Waals surface area contributed by atoms with E-state index in [1.165, 1.54) is 0 Å². The number of aromatic nitrogens is 2. The molecule has 0 saturated carbocycles. The maximum absolute atomic E-state index is 6.20. The molecular formula is C14H20ClN3O2S. The van der Waals surface area contributed by atoms with Crippen LogP contribution in [0.5, 0.6) is 0 Å². The first-order chi connectivity index (χ1) is 10.2. The second kappa shape index (κ2) is 7.07. The van der Waals surface area contributed by atoms with E-state index in [2.05, 4.69) is 21.3 Å². The molecule has 21 heavy (non-hydrogen) atoms. The average Bonchev–Trinajstić information content (AvgIpc) is 3.16. The minimum Gasteiger partial charge on any atom is -0.377 e. The summed E-state index contributed by atoms with van der Waals surface area (Å²) in [6.45, 7) is 3.92. The number of hydrogen-bond donors (Lipinski definition) is 0. The Morgan fingerprint density at radius 2 is 2.52 bits per heavy atom. The van der Waals surface area contributed by atoms with Gasteiger partial charge in [-0.15, -0.1) is 11.3 Å². The number of ether oxygens (including phenoxy) is 2. The Hall–Kier alpha value is -0.660. The average molecular weight is 330 g/mol. The van der Waals surface area contributed by atoms with E-state index in [0.29, 0.717) is 24.5 Å². The van der Waals surface area contributed by atoms with Gasteiger partial charge in [0.1, 0.15) is 0 Å². The lowest BCUT2D eigenvalue weighted by Crippen LogP contribution is -2.25. The predicted molar refractivity (Wildman–Crippen MR) is 84.2 cm³/mol. The van der Waals surface area contributed by atoms with Crippen LogP contribution in [0.1, 0.15) is 18.5 Å². The van der Waals surface area contributed by atoms with Gasteiger partial charge >= 0.3 is 0 Å². The van der Waals surface area contributed by atoms with Gasteiger partial charge in [0.15, 0.2) is 10.1 Å². The first-order valence-electron chi connectivity index (χ1n) is 7.22. The predicted octanol–water partition coefficient (Wildman–Crippen LogP) is 2.68. The van der Waals surface area contributed by atoms with Crippen molar-refractivity contribution in [3.05, 3.63) is 22.4 Å². The molecule has 1 atom stereocenters. The van der Waals surface area contributed by atoms with Gasteiger partial charge in [0.25, 0.3) is 0 Å². The van der Waals surface area contributed by atoms with Gasteiger partial charge in [0, 0.05) is 31.3 Å². The zero-order valence-electron chi connectivity index (χ0n) is 12.1. The molecule has 0 spiro atoms. The van der Waals surface area contributed by atoms with E-state index in [-0.39, 0.29) is 0 Å². The minimum absolute atomic E-state index is 0.296. The normalized spacial score (nSPS) is 19.1. The first kappa shape index (κ1) is 15.2. The Labute approximate surface area is 133 Å². The Morgan fingerprint density at radius 1 is 1.62 bits per heavy atom. The molecule has 116 valence electrons. The Balaban J connectivity index is 1.44. The maximum atomic E-state index is 6.20. The topological polar surface area (TPSA) is 39.0 Å². The van der Waals surface area contributed by atoms with Crippen molar-refractivity contribution < 1.29 is 9.47 Å². The van der Waals surface area contributed by atoms with E-state index >= 15 is 0 Å². The van der Waals surface area contributed by atoms with Crippen LogP contribution in [0.15, 0.2) is 11.6 Å². The molecule has 1 saturated heterocycles. The Bertz CT molecular complexity index is 580. The van der Waals surface area contributed by atoms with E-state index in [0.717, 1.165) is 43.2 Å². The van der Waals surface area contributed by atoms with E-state index in [1.54, 1.807) is 11.3 Å². The fourth-order valence-corrected chi connectivity index (χ4v) is 3.51. The van der Waals surface area contributed by atoms with Crippen LogP contribution in [0.3, 0.4) is 0 Å². The van der Waals surface area contributed by atoms with Crippen LogP contribution in [0, 0.1) is 0 Å². The molecular weight excluding hydrogens is 310 g/mol. The smallest absolute Gasteiger partial charge is 0.195 e. The summed E-state index contributed by atoms with van der Waals surface area (Å²) in [5.41, 5.74) is 1.04. The van der Waals surface area contributed by atoms with Crippen LogP contribution in [0.2, 0.25) is 5.15 Å².